The molecule has 7 heteroatoms. The molecule has 1 unspecified atom stereocenters. The Morgan fingerprint density at radius 2 is 1.80 bits per heavy atom. The van der Waals surface area contributed by atoms with Gasteiger partial charge < -0.3 is 10.6 Å². The Bertz CT molecular complexity index is 1010. The van der Waals surface area contributed by atoms with Gasteiger partial charge in [-0.15, -0.1) is 0 Å². The van der Waals surface area contributed by atoms with E-state index in [2.05, 4.69) is 40.9 Å². The molecule has 0 aliphatic carbocycles. The van der Waals surface area contributed by atoms with E-state index in [1.54, 1.807) is 0 Å². The molecular weight excluding hydrogens is 394 g/mol. The third kappa shape index (κ3) is 5.79. The number of nitrogens with zero attached hydrogens (tertiary/aromatic N) is 3. The molecule has 30 heavy (non-hydrogen) atoms. The molecule has 0 radical (unpaired) electrons. The summed E-state index contributed by atoms with van der Waals surface area (Å²) in [5.74, 6) is 1.24. The van der Waals surface area contributed by atoms with E-state index < -0.39 is 10.8 Å². The van der Waals surface area contributed by atoms with Crippen molar-refractivity contribution in [2.24, 2.45) is 4.99 Å². The standard InChI is InChI=1S/C23H29N5OS/c1-4-24-23(25-14-15-30(29)21-11-6-5-7-12-21)26-17-20-10-8-9-13-22(20)28-19(3)16-18(2)27-28/h5-13,16H,4,14-15,17H2,1-3H3,(H2,24,25,26). The Morgan fingerprint density at radius 1 is 1.07 bits per heavy atom. The van der Waals surface area contributed by atoms with E-state index in [1.807, 2.05) is 61.0 Å². The zero-order chi connectivity index (χ0) is 21.3. The molecule has 2 N–H and O–H groups in total. The van der Waals surface area contributed by atoms with Crippen molar-refractivity contribution in [1.29, 1.82) is 0 Å². The summed E-state index contributed by atoms with van der Waals surface area (Å²) in [6.45, 7) is 7.93. The molecule has 1 aromatic heterocycles. The second kappa shape index (κ2) is 10.7. The van der Waals surface area contributed by atoms with Gasteiger partial charge in [0, 0.05) is 29.4 Å². The average Bonchev–Trinajstić information content (AvgIpc) is 3.10. The lowest BCUT2D eigenvalue weighted by Gasteiger charge is -2.13. The van der Waals surface area contributed by atoms with Gasteiger partial charge in [0.15, 0.2) is 5.96 Å². The second-order valence-corrected chi connectivity index (χ2v) is 8.52. The fourth-order valence-electron chi connectivity index (χ4n) is 3.18. The van der Waals surface area contributed by atoms with Gasteiger partial charge in [-0.25, -0.2) is 9.67 Å². The summed E-state index contributed by atoms with van der Waals surface area (Å²) in [7, 11) is -1.03. The quantitative estimate of drug-likeness (QED) is 0.431. The molecule has 6 nitrogen and oxygen atoms in total. The summed E-state index contributed by atoms with van der Waals surface area (Å²) in [6.07, 6.45) is 0. The molecule has 3 rings (SSSR count). The predicted octanol–water partition coefficient (Wildman–Crippen LogP) is 3.35. The monoisotopic (exact) mass is 423 g/mol. The van der Waals surface area contributed by atoms with Crippen molar-refractivity contribution in [1.82, 2.24) is 20.4 Å². The maximum atomic E-state index is 12.4. The molecule has 0 bridgehead atoms. The Labute approximate surface area is 180 Å². The Morgan fingerprint density at radius 3 is 2.50 bits per heavy atom. The summed E-state index contributed by atoms with van der Waals surface area (Å²) in [6, 6.07) is 19.8. The Kier molecular flexibility index (Phi) is 7.79. The van der Waals surface area contributed by atoms with Crippen LogP contribution in [0, 0.1) is 13.8 Å². The predicted molar refractivity (Wildman–Crippen MR) is 124 cm³/mol. The lowest BCUT2D eigenvalue weighted by molar-refractivity contribution is 0.681. The van der Waals surface area contributed by atoms with Crippen molar-refractivity contribution in [2.75, 3.05) is 18.8 Å². The Hall–Kier alpha value is -2.93. The van der Waals surface area contributed by atoms with Gasteiger partial charge >= 0.3 is 0 Å². The average molecular weight is 424 g/mol. The van der Waals surface area contributed by atoms with Crippen LogP contribution in [0.4, 0.5) is 0 Å². The molecule has 0 saturated carbocycles. The maximum Gasteiger partial charge on any atom is 0.191 e. The molecule has 0 aliphatic rings. The molecule has 158 valence electrons. The van der Waals surface area contributed by atoms with Gasteiger partial charge in [-0.3, -0.25) is 4.21 Å². The largest absolute Gasteiger partial charge is 0.357 e. The molecule has 0 spiro atoms. The van der Waals surface area contributed by atoms with Crippen LogP contribution in [-0.4, -0.2) is 38.8 Å². The highest BCUT2D eigenvalue weighted by Gasteiger charge is 2.09. The Balaban J connectivity index is 1.67. The first kappa shape index (κ1) is 21.8. The number of para-hydroxylation sites is 1. The first-order chi connectivity index (χ1) is 14.6. The highest BCUT2D eigenvalue weighted by atomic mass is 32.2. The van der Waals surface area contributed by atoms with Crippen molar-refractivity contribution in [3.63, 3.8) is 0 Å². The van der Waals surface area contributed by atoms with Gasteiger partial charge in [0.1, 0.15) is 0 Å². The van der Waals surface area contributed by atoms with E-state index in [9.17, 15) is 4.21 Å². The van der Waals surface area contributed by atoms with Crippen LogP contribution in [0.2, 0.25) is 0 Å². The van der Waals surface area contributed by atoms with Crippen LogP contribution in [0.5, 0.6) is 0 Å². The number of aliphatic imine (C=N–C) groups is 1. The van der Waals surface area contributed by atoms with E-state index in [0.717, 1.165) is 34.1 Å². The fraction of sp³-hybridized carbons (Fsp3) is 0.304. The first-order valence-electron chi connectivity index (χ1n) is 10.2. The number of hydrogen-bond donors (Lipinski definition) is 2. The van der Waals surface area contributed by atoms with Crippen molar-refractivity contribution in [3.05, 3.63) is 77.6 Å². The molecule has 1 atom stereocenters. The SMILES string of the molecule is CCNC(=NCc1ccccc1-n1nc(C)cc1C)NCCS(=O)c1ccccc1. The minimum Gasteiger partial charge on any atom is -0.357 e. The number of aromatic nitrogens is 2. The van der Waals surface area contributed by atoms with Crippen LogP contribution in [0.3, 0.4) is 0 Å². The lowest BCUT2D eigenvalue weighted by Crippen LogP contribution is -2.39. The summed E-state index contributed by atoms with van der Waals surface area (Å²) in [5, 5.41) is 11.2. The third-order valence-electron chi connectivity index (χ3n) is 4.57. The molecule has 0 aliphatic heterocycles. The molecule has 1 heterocycles. The van der Waals surface area contributed by atoms with Gasteiger partial charge in [0.05, 0.1) is 28.7 Å². The maximum absolute atomic E-state index is 12.4. The number of hydrogen-bond acceptors (Lipinski definition) is 3. The molecule has 0 amide bonds. The van der Waals surface area contributed by atoms with Crippen molar-refractivity contribution < 1.29 is 4.21 Å². The molecule has 3 aromatic rings. The van der Waals surface area contributed by atoms with E-state index in [0.29, 0.717) is 24.8 Å². The molecule has 0 saturated heterocycles. The number of benzene rings is 2. The summed E-state index contributed by atoms with van der Waals surface area (Å²) < 4.78 is 14.4. The third-order valence-corrected chi connectivity index (χ3v) is 5.94. The van der Waals surface area contributed by atoms with Gasteiger partial charge in [0.25, 0.3) is 0 Å². The summed E-state index contributed by atoms with van der Waals surface area (Å²) in [5.41, 5.74) is 4.21. The lowest BCUT2D eigenvalue weighted by atomic mass is 10.2. The van der Waals surface area contributed by atoms with E-state index in [1.165, 1.54) is 0 Å². The van der Waals surface area contributed by atoms with Gasteiger partial charge in [-0.1, -0.05) is 36.4 Å². The van der Waals surface area contributed by atoms with E-state index in [4.69, 9.17) is 4.99 Å². The normalized spacial score (nSPS) is 12.6. The van der Waals surface area contributed by atoms with Gasteiger partial charge in [0.2, 0.25) is 0 Å². The van der Waals surface area contributed by atoms with Crippen LogP contribution in [0.15, 0.2) is 70.6 Å². The zero-order valence-corrected chi connectivity index (χ0v) is 18.6. The van der Waals surface area contributed by atoms with Gasteiger partial charge in [-0.2, -0.15) is 5.10 Å². The number of rotatable bonds is 8. The minimum absolute atomic E-state index is 0.519. The van der Waals surface area contributed by atoms with Crippen LogP contribution >= 0.6 is 0 Å². The molecule has 2 aromatic carbocycles. The minimum atomic E-state index is -1.03. The highest BCUT2D eigenvalue weighted by molar-refractivity contribution is 7.85. The summed E-state index contributed by atoms with van der Waals surface area (Å²) in [4.78, 5) is 5.58. The number of nitrogens with one attached hydrogen (secondary N) is 2. The summed E-state index contributed by atoms with van der Waals surface area (Å²) >= 11 is 0. The van der Waals surface area contributed by atoms with Crippen LogP contribution in [0.25, 0.3) is 5.69 Å². The van der Waals surface area contributed by atoms with Gasteiger partial charge in [-0.05, 0) is 50.6 Å². The van der Waals surface area contributed by atoms with Crippen molar-refractivity contribution in [2.45, 2.75) is 32.2 Å². The first-order valence-corrected chi connectivity index (χ1v) is 11.5. The zero-order valence-electron chi connectivity index (χ0n) is 17.8. The van der Waals surface area contributed by atoms with Crippen LogP contribution < -0.4 is 10.6 Å². The van der Waals surface area contributed by atoms with Crippen molar-refractivity contribution >= 4 is 16.8 Å². The molecule has 0 fully saturated rings. The topological polar surface area (TPSA) is 71.3 Å². The number of aryl methyl sites for hydroxylation is 2. The second-order valence-electron chi connectivity index (χ2n) is 6.95. The van der Waals surface area contributed by atoms with E-state index >= 15 is 0 Å². The number of guanidine groups is 1. The smallest absolute Gasteiger partial charge is 0.191 e. The van der Waals surface area contributed by atoms with Crippen LogP contribution in [0.1, 0.15) is 23.9 Å². The van der Waals surface area contributed by atoms with Crippen LogP contribution in [-0.2, 0) is 17.3 Å². The van der Waals surface area contributed by atoms with Crippen molar-refractivity contribution in [3.8, 4) is 5.69 Å². The fourth-order valence-corrected chi connectivity index (χ4v) is 4.17. The van der Waals surface area contributed by atoms with E-state index in [-0.39, 0.29) is 0 Å². The molecular formula is C23H29N5OS. The highest BCUT2D eigenvalue weighted by Crippen LogP contribution is 2.17.